The topological polar surface area (TPSA) is 60.5 Å². The van der Waals surface area contributed by atoms with Crippen LogP contribution < -0.4 is 10.1 Å². The Labute approximate surface area is 127 Å². The van der Waals surface area contributed by atoms with Crippen molar-refractivity contribution < 1.29 is 14.3 Å². The first-order valence-corrected chi connectivity index (χ1v) is 7.92. The van der Waals surface area contributed by atoms with Gasteiger partial charge < -0.3 is 14.8 Å². The number of nitrogens with zero attached hydrogens (tertiary/aromatic N) is 1. The molecule has 6 heteroatoms. The van der Waals surface area contributed by atoms with Crippen molar-refractivity contribution in [1.82, 2.24) is 4.98 Å². The number of rotatable bonds is 5. The lowest BCUT2D eigenvalue weighted by Gasteiger charge is -2.07. The van der Waals surface area contributed by atoms with Crippen molar-refractivity contribution >= 4 is 32.6 Å². The van der Waals surface area contributed by atoms with Gasteiger partial charge in [0.05, 0.1) is 23.4 Å². The molecule has 2 aromatic rings. The average molecular weight is 306 g/mol. The van der Waals surface area contributed by atoms with Crippen LogP contribution in [0.25, 0.3) is 10.2 Å². The fraction of sp³-hybridized carbons (Fsp3) is 0.467. The van der Waals surface area contributed by atoms with Crippen LogP contribution in [0.3, 0.4) is 0 Å². The lowest BCUT2D eigenvalue weighted by Crippen LogP contribution is -2.15. The molecule has 2 heterocycles. The Morgan fingerprint density at radius 1 is 1.57 bits per heavy atom. The van der Waals surface area contributed by atoms with Gasteiger partial charge in [-0.15, -0.1) is 0 Å². The molecule has 0 radical (unpaired) electrons. The molecule has 0 saturated carbocycles. The Morgan fingerprint density at radius 3 is 3.24 bits per heavy atom. The number of benzene rings is 1. The van der Waals surface area contributed by atoms with Crippen LogP contribution in [0.5, 0.6) is 5.75 Å². The molecule has 1 aliphatic heterocycles. The molecular formula is C15H18N2O3S. The molecule has 1 amide bonds. The van der Waals surface area contributed by atoms with Crippen LogP contribution in [0, 0.1) is 0 Å². The van der Waals surface area contributed by atoms with Gasteiger partial charge in [-0.05, 0) is 37.5 Å². The molecule has 0 spiro atoms. The van der Waals surface area contributed by atoms with Crippen LogP contribution in [-0.2, 0) is 9.53 Å². The first-order chi connectivity index (χ1) is 10.2. The SMILES string of the molecule is COc1ccc2nc(NC(=O)CCC3CCCO3)sc2c1. The van der Waals surface area contributed by atoms with Crippen LogP contribution in [-0.4, -0.2) is 30.7 Å². The normalized spacial score (nSPS) is 18.0. The minimum absolute atomic E-state index is 0.00322. The van der Waals surface area contributed by atoms with Gasteiger partial charge in [0.1, 0.15) is 5.75 Å². The highest BCUT2D eigenvalue weighted by atomic mass is 32.1. The molecule has 1 aliphatic rings. The largest absolute Gasteiger partial charge is 0.497 e. The zero-order chi connectivity index (χ0) is 14.7. The molecule has 1 N–H and O–H groups in total. The van der Waals surface area contributed by atoms with E-state index < -0.39 is 0 Å². The monoisotopic (exact) mass is 306 g/mol. The third-order valence-corrected chi connectivity index (χ3v) is 4.49. The van der Waals surface area contributed by atoms with Crippen molar-refractivity contribution in [3.63, 3.8) is 0 Å². The third-order valence-electron chi connectivity index (χ3n) is 3.56. The number of carbonyl (C=O) groups excluding carboxylic acids is 1. The van der Waals surface area contributed by atoms with E-state index >= 15 is 0 Å². The van der Waals surface area contributed by atoms with Gasteiger partial charge in [-0.3, -0.25) is 4.79 Å². The van der Waals surface area contributed by atoms with Crippen LogP contribution >= 0.6 is 11.3 Å². The molecule has 1 aromatic carbocycles. The minimum Gasteiger partial charge on any atom is -0.497 e. The summed E-state index contributed by atoms with van der Waals surface area (Å²) in [5.41, 5.74) is 0.871. The maximum atomic E-state index is 11.9. The maximum absolute atomic E-state index is 11.9. The van der Waals surface area contributed by atoms with E-state index in [0.717, 1.165) is 41.8 Å². The van der Waals surface area contributed by atoms with Crippen LogP contribution in [0.1, 0.15) is 25.7 Å². The highest BCUT2D eigenvalue weighted by Gasteiger charge is 2.17. The zero-order valence-corrected chi connectivity index (χ0v) is 12.7. The molecule has 1 atom stereocenters. The Bertz CT molecular complexity index is 635. The summed E-state index contributed by atoms with van der Waals surface area (Å²) in [7, 11) is 1.63. The molecule has 21 heavy (non-hydrogen) atoms. The second-order valence-electron chi connectivity index (χ2n) is 5.07. The molecule has 1 unspecified atom stereocenters. The maximum Gasteiger partial charge on any atom is 0.226 e. The van der Waals surface area contributed by atoms with Gasteiger partial charge >= 0.3 is 0 Å². The Kier molecular flexibility index (Phi) is 4.36. The number of carbonyl (C=O) groups is 1. The second-order valence-corrected chi connectivity index (χ2v) is 6.11. The smallest absolute Gasteiger partial charge is 0.226 e. The summed E-state index contributed by atoms with van der Waals surface area (Å²) in [4.78, 5) is 16.4. The van der Waals surface area contributed by atoms with Gasteiger partial charge in [-0.2, -0.15) is 0 Å². The number of aromatic nitrogens is 1. The predicted molar refractivity (Wildman–Crippen MR) is 83.0 cm³/mol. The molecule has 3 rings (SSSR count). The van der Waals surface area contributed by atoms with Crippen molar-refractivity contribution in [2.75, 3.05) is 19.0 Å². The Morgan fingerprint density at radius 2 is 2.48 bits per heavy atom. The summed E-state index contributed by atoms with van der Waals surface area (Å²) in [5.74, 6) is 0.791. The van der Waals surface area contributed by atoms with Crippen molar-refractivity contribution in [3.05, 3.63) is 18.2 Å². The molecular weight excluding hydrogens is 288 g/mol. The van der Waals surface area contributed by atoms with Gasteiger partial charge in [0.25, 0.3) is 0 Å². The lowest BCUT2D eigenvalue weighted by atomic mass is 10.1. The van der Waals surface area contributed by atoms with Gasteiger partial charge in [0, 0.05) is 13.0 Å². The number of fused-ring (bicyclic) bond motifs is 1. The van der Waals surface area contributed by atoms with Crippen molar-refractivity contribution in [2.45, 2.75) is 31.8 Å². The second kappa shape index (κ2) is 6.41. The summed E-state index contributed by atoms with van der Waals surface area (Å²) in [6.07, 6.45) is 3.67. The summed E-state index contributed by atoms with van der Waals surface area (Å²) in [6, 6.07) is 5.69. The van der Waals surface area contributed by atoms with Crippen molar-refractivity contribution in [2.24, 2.45) is 0 Å². The van der Waals surface area contributed by atoms with E-state index in [0.29, 0.717) is 11.6 Å². The predicted octanol–water partition coefficient (Wildman–Crippen LogP) is 3.20. The standard InChI is InChI=1S/C15H18N2O3S/c1-19-11-4-6-12-13(9-11)21-15(16-12)17-14(18)7-5-10-3-2-8-20-10/h4,6,9-10H,2-3,5,7-8H2,1H3,(H,16,17,18). The first kappa shape index (κ1) is 14.3. The number of hydrogen-bond acceptors (Lipinski definition) is 5. The molecule has 1 saturated heterocycles. The van der Waals surface area contributed by atoms with E-state index in [1.807, 2.05) is 18.2 Å². The Balaban J connectivity index is 1.59. The fourth-order valence-electron chi connectivity index (χ4n) is 2.43. The van der Waals surface area contributed by atoms with Crippen LogP contribution in [0.4, 0.5) is 5.13 Å². The summed E-state index contributed by atoms with van der Waals surface area (Å²) < 4.78 is 11.7. The van der Waals surface area contributed by atoms with Crippen LogP contribution in [0.2, 0.25) is 0 Å². The van der Waals surface area contributed by atoms with E-state index in [2.05, 4.69) is 10.3 Å². The number of nitrogens with one attached hydrogen (secondary N) is 1. The number of thiazole rings is 1. The molecule has 112 valence electrons. The summed E-state index contributed by atoms with van der Waals surface area (Å²) in [6.45, 7) is 0.825. The van der Waals surface area contributed by atoms with Crippen LogP contribution in [0.15, 0.2) is 18.2 Å². The highest BCUT2D eigenvalue weighted by Crippen LogP contribution is 2.29. The van der Waals surface area contributed by atoms with E-state index in [-0.39, 0.29) is 12.0 Å². The van der Waals surface area contributed by atoms with E-state index in [9.17, 15) is 4.79 Å². The van der Waals surface area contributed by atoms with E-state index in [4.69, 9.17) is 9.47 Å². The third kappa shape index (κ3) is 3.51. The fourth-order valence-corrected chi connectivity index (χ4v) is 3.34. The first-order valence-electron chi connectivity index (χ1n) is 7.10. The molecule has 5 nitrogen and oxygen atoms in total. The van der Waals surface area contributed by atoms with Crippen molar-refractivity contribution in [3.8, 4) is 5.75 Å². The van der Waals surface area contributed by atoms with E-state index in [1.54, 1.807) is 7.11 Å². The quantitative estimate of drug-likeness (QED) is 0.921. The van der Waals surface area contributed by atoms with Gasteiger partial charge in [-0.1, -0.05) is 11.3 Å². The molecule has 0 aliphatic carbocycles. The number of ether oxygens (including phenoxy) is 2. The highest BCUT2D eigenvalue weighted by molar-refractivity contribution is 7.22. The van der Waals surface area contributed by atoms with Crippen molar-refractivity contribution in [1.29, 1.82) is 0 Å². The molecule has 1 fully saturated rings. The van der Waals surface area contributed by atoms with Gasteiger partial charge in [0.15, 0.2) is 5.13 Å². The zero-order valence-electron chi connectivity index (χ0n) is 11.9. The summed E-state index contributed by atoms with van der Waals surface area (Å²) >= 11 is 1.46. The molecule has 1 aromatic heterocycles. The molecule has 0 bridgehead atoms. The lowest BCUT2D eigenvalue weighted by molar-refractivity contribution is -0.116. The van der Waals surface area contributed by atoms with E-state index in [1.165, 1.54) is 11.3 Å². The number of hydrogen-bond donors (Lipinski definition) is 1. The summed E-state index contributed by atoms with van der Waals surface area (Å²) in [5, 5.41) is 3.50. The average Bonchev–Trinajstić information content (AvgIpc) is 3.13. The Hall–Kier alpha value is -1.66. The minimum atomic E-state index is -0.00322. The number of amides is 1. The van der Waals surface area contributed by atoms with Gasteiger partial charge in [0.2, 0.25) is 5.91 Å². The number of anilines is 1. The number of methoxy groups -OCH3 is 1. The van der Waals surface area contributed by atoms with Gasteiger partial charge in [-0.25, -0.2) is 4.98 Å².